The van der Waals surface area contributed by atoms with E-state index in [-0.39, 0.29) is 22.9 Å². The summed E-state index contributed by atoms with van der Waals surface area (Å²) in [6.07, 6.45) is 5.62. The van der Waals surface area contributed by atoms with Crippen molar-refractivity contribution in [1.82, 2.24) is 14.8 Å². The fraction of sp³-hybridized carbons (Fsp3) is 0.294. The molecule has 1 saturated carbocycles. The summed E-state index contributed by atoms with van der Waals surface area (Å²) in [5, 5.41) is 4.73. The number of benzene rings is 1. The SMILES string of the molecule is O=C(ON1C(=O)c2ccccc2C1=O)c1ccnn1C1CCCC1. The molecule has 0 radical (unpaired) electrons. The summed E-state index contributed by atoms with van der Waals surface area (Å²) in [7, 11) is 0. The van der Waals surface area contributed by atoms with Crippen LogP contribution >= 0.6 is 0 Å². The van der Waals surface area contributed by atoms with Gasteiger partial charge < -0.3 is 4.84 Å². The maximum absolute atomic E-state index is 12.5. The Bertz CT molecular complexity index is 801. The molecule has 2 amide bonds. The van der Waals surface area contributed by atoms with Gasteiger partial charge in [0.1, 0.15) is 5.69 Å². The largest absolute Gasteiger partial charge is 0.381 e. The first-order valence-electron chi connectivity index (χ1n) is 7.90. The molecular formula is C17H15N3O4. The molecule has 24 heavy (non-hydrogen) atoms. The van der Waals surface area contributed by atoms with Crippen molar-refractivity contribution in [2.45, 2.75) is 31.7 Å². The number of nitrogens with zero attached hydrogens (tertiary/aromatic N) is 3. The van der Waals surface area contributed by atoms with Crippen molar-refractivity contribution in [1.29, 1.82) is 0 Å². The highest BCUT2D eigenvalue weighted by molar-refractivity contribution is 6.21. The Balaban J connectivity index is 1.57. The highest BCUT2D eigenvalue weighted by atomic mass is 16.7. The summed E-state index contributed by atoms with van der Waals surface area (Å²) < 4.78 is 1.63. The minimum atomic E-state index is -0.756. The summed E-state index contributed by atoms with van der Waals surface area (Å²) in [6.45, 7) is 0. The number of imide groups is 1. The van der Waals surface area contributed by atoms with Gasteiger partial charge in [0, 0.05) is 6.20 Å². The highest BCUT2D eigenvalue weighted by Gasteiger charge is 2.39. The van der Waals surface area contributed by atoms with Gasteiger partial charge in [-0.05, 0) is 31.0 Å². The second-order valence-electron chi connectivity index (χ2n) is 5.93. The average molecular weight is 325 g/mol. The Labute approximate surface area is 137 Å². The molecule has 0 bridgehead atoms. The van der Waals surface area contributed by atoms with Crippen LogP contribution in [0.1, 0.15) is 62.9 Å². The van der Waals surface area contributed by atoms with Crippen molar-refractivity contribution in [2.75, 3.05) is 0 Å². The van der Waals surface area contributed by atoms with E-state index < -0.39 is 17.8 Å². The molecule has 4 rings (SSSR count). The molecule has 2 aliphatic rings. The van der Waals surface area contributed by atoms with Crippen LogP contribution in [0.25, 0.3) is 0 Å². The van der Waals surface area contributed by atoms with Gasteiger partial charge in [0.25, 0.3) is 11.8 Å². The first-order valence-corrected chi connectivity index (χ1v) is 7.90. The minimum absolute atomic E-state index is 0.157. The lowest BCUT2D eigenvalue weighted by molar-refractivity contribution is -0.0593. The van der Waals surface area contributed by atoms with Crippen LogP contribution in [-0.2, 0) is 4.84 Å². The van der Waals surface area contributed by atoms with Gasteiger partial charge in [0.15, 0.2) is 0 Å². The van der Waals surface area contributed by atoms with E-state index in [0.29, 0.717) is 5.06 Å². The van der Waals surface area contributed by atoms with Gasteiger partial charge in [-0.15, -0.1) is 0 Å². The molecule has 0 N–H and O–H groups in total. The standard InChI is InChI=1S/C17H15N3O4/c21-15-12-7-3-4-8-13(12)16(22)20(15)24-17(23)14-9-10-18-19(14)11-5-1-2-6-11/h3-4,7-11H,1-2,5-6H2. The first kappa shape index (κ1) is 14.6. The Morgan fingerprint density at radius 1 is 1.04 bits per heavy atom. The van der Waals surface area contributed by atoms with Crippen molar-refractivity contribution < 1.29 is 19.2 Å². The van der Waals surface area contributed by atoms with E-state index in [0.717, 1.165) is 25.7 Å². The van der Waals surface area contributed by atoms with E-state index in [1.165, 1.54) is 18.3 Å². The number of aromatic nitrogens is 2. The summed E-state index contributed by atoms with van der Waals surface area (Å²) in [5.41, 5.74) is 0.720. The van der Waals surface area contributed by atoms with E-state index in [4.69, 9.17) is 4.84 Å². The number of fused-ring (bicyclic) bond motifs is 1. The second kappa shape index (κ2) is 5.59. The zero-order valence-corrected chi connectivity index (χ0v) is 12.8. The van der Waals surface area contributed by atoms with Gasteiger partial charge in [-0.3, -0.25) is 14.3 Å². The number of carbonyl (C=O) groups excluding carboxylic acids is 3. The lowest BCUT2D eigenvalue weighted by Gasteiger charge is -2.16. The van der Waals surface area contributed by atoms with Gasteiger partial charge in [-0.25, -0.2) is 4.79 Å². The Kier molecular flexibility index (Phi) is 3.41. The third-order valence-electron chi connectivity index (χ3n) is 4.48. The molecule has 2 aromatic rings. The zero-order valence-electron chi connectivity index (χ0n) is 12.8. The lowest BCUT2D eigenvalue weighted by atomic mass is 10.1. The molecule has 0 unspecified atom stereocenters. The predicted molar refractivity (Wildman–Crippen MR) is 82.1 cm³/mol. The molecule has 1 fully saturated rings. The van der Waals surface area contributed by atoms with Crippen LogP contribution in [0.15, 0.2) is 36.5 Å². The monoisotopic (exact) mass is 325 g/mol. The van der Waals surface area contributed by atoms with E-state index in [9.17, 15) is 14.4 Å². The van der Waals surface area contributed by atoms with Crippen molar-refractivity contribution in [2.24, 2.45) is 0 Å². The number of carbonyl (C=O) groups is 3. The van der Waals surface area contributed by atoms with Crippen LogP contribution in [0, 0.1) is 0 Å². The molecule has 1 aliphatic heterocycles. The molecule has 0 spiro atoms. The normalized spacial score (nSPS) is 17.4. The van der Waals surface area contributed by atoms with Crippen LogP contribution in [0.4, 0.5) is 0 Å². The lowest BCUT2D eigenvalue weighted by Crippen LogP contribution is -2.33. The van der Waals surface area contributed by atoms with E-state index >= 15 is 0 Å². The van der Waals surface area contributed by atoms with Gasteiger partial charge in [0.05, 0.1) is 17.2 Å². The maximum atomic E-state index is 12.5. The van der Waals surface area contributed by atoms with Gasteiger partial charge in [-0.2, -0.15) is 5.10 Å². The van der Waals surface area contributed by atoms with Crippen LogP contribution in [0.5, 0.6) is 0 Å². The van der Waals surface area contributed by atoms with Gasteiger partial charge >= 0.3 is 5.97 Å². The number of rotatable bonds is 3. The molecule has 1 aromatic carbocycles. The minimum Gasteiger partial charge on any atom is -0.323 e. The van der Waals surface area contributed by atoms with Crippen LogP contribution in [0.2, 0.25) is 0 Å². The Morgan fingerprint density at radius 2 is 1.67 bits per heavy atom. The Hall–Kier alpha value is -2.96. The molecule has 0 saturated heterocycles. The third-order valence-corrected chi connectivity index (χ3v) is 4.48. The van der Waals surface area contributed by atoms with E-state index in [1.807, 2.05) is 0 Å². The number of hydroxylamine groups is 2. The summed E-state index contributed by atoms with van der Waals surface area (Å²) in [6, 6.07) is 8.08. The first-order chi connectivity index (χ1) is 11.7. The van der Waals surface area contributed by atoms with Gasteiger partial charge in [0.2, 0.25) is 0 Å². The quantitative estimate of drug-likeness (QED) is 0.809. The number of hydrogen-bond acceptors (Lipinski definition) is 5. The molecule has 1 aliphatic carbocycles. The maximum Gasteiger partial charge on any atom is 0.381 e. The molecular weight excluding hydrogens is 310 g/mol. The number of amides is 2. The van der Waals surface area contributed by atoms with Crippen molar-refractivity contribution in [3.63, 3.8) is 0 Å². The Morgan fingerprint density at radius 3 is 2.29 bits per heavy atom. The molecule has 1 aromatic heterocycles. The summed E-state index contributed by atoms with van der Waals surface area (Å²) in [5.74, 6) is -2.01. The smallest absolute Gasteiger partial charge is 0.323 e. The van der Waals surface area contributed by atoms with Gasteiger partial charge in [-0.1, -0.05) is 30.0 Å². The fourth-order valence-electron chi connectivity index (χ4n) is 3.30. The van der Waals surface area contributed by atoms with Crippen molar-refractivity contribution in [3.8, 4) is 0 Å². The van der Waals surface area contributed by atoms with Crippen LogP contribution < -0.4 is 0 Å². The highest BCUT2D eigenvalue weighted by Crippen LogP contribution is 2.30. The van der Waals surface area contributed by atoms with Crippen LogP contribution in [-0.4, -0.2) is 32.6 Å². The second-order valence-corrected chi connectivity index (χ2v) is 5.93. The summed E-state index contributed by atoms with van der Waals surface area (Å²) in [4.78, 5) is 42.1. The van der Waals surface area contributed by atoms with Crippen molar-refractivity contribution in [3.05, 3.63) is 53.3 Å². The van der Waals surface area contributed by atoms with Crippen molar-refractivity contribution >= 4 is 17.8 Å². The zero-order chi connectivity index (χ0) is 16.7. The molecule has 7 heteroatoms. The average Bonchev–Trinajstić information content (AvgIpc) is 3.31. The topological polar surface area (TPSA) is 81.5 Å². The molecule has 0 atom stereocenters. The number of hydrogen-bond donors (Lipinski definition) is 0. The predicted octanol–water partition coefficient (Wildman–Crippen LogP) is 2.37. The third kappa shape index (κ3) is 2.20. The fourth-order valence-corrected chi connectivity index (χ4v) is 3.30. The van der Waals surface area contributed by atoms with Crippen LogP contribution in [0.3, 0.4) is 0 Å². The molecule has 2 heterocycles. The molecule has 122 valence electrons. The molecule has 7 nitrogen and oxygen atoms in total. The van der Waals surface area contributed by atoms with E-state index in [1.54, 1.807) is 22.9 Å². The summed E-state index contributed by atoms with van der Waals surface area (Å²) >= 11 is 0. The van der Waals surface area contributed by atoms with E-state index in [2.05, 4.69) is 5.10 Å².